The fourth-order valence-corrected chi connectivity index (χ4v) is 1.78. The van der Waals surface area contributed by atoms with Crippen molar-refractivity contribution in [3.8, 4) is 0 Å². The first-order valence-corrected chi connectivity index (χ1v) is 3.97. The van der Waals surface area contributed by atoms with Crippen LogP contribution in [0.1, 0.15) is 25.7 Å². The lowest BCUT2D eigenvalue weighted by atomic mass is 10.0. The van der Waals surface area contributed by atoms with E-state index in [0.29, 0.717) is 4.99 Å². The summed E-state index contributed by atoms with van der Waals surface area (Å²) in [6, 6.07) is 0. The largest absolute Gasteiger partial charge is 0.391 e. The number of rotatable bonds is 2. The fraction of sp³-hybridized carbons (Fsp3) is 0.857. The van der Waals surface area contributed by atoms with Gasteiger partial charge in [0.2, 0.25) is 0 Å². The van der Waals surface area contributed by atoms with Gasteiger partial charge in [0.05, 0.1) is 0 Å². The number of hydrogen-bond donors (Lipinski definition) is 1. The van der Waals surface area contributed by atoms with Crippen LogP contribution >= 0.6 is 12.2 Å². The van der Waals surface area contributed by atoms with Gasteiger partial charge < -0.3 is 10.5 Å². The van der Waals surface area contributed by atoms with E-state index < -0.39 is 0 Å². The zero-order valence-electron chi connectivity index (χ0n) is 6.22. The summed E-state index contributed by atoms with van der Waals surface area (Å²) in [5, 5.41) is 0. The summed E-state index contributed by atoms with van der Waals surface area (Å²) in [5.41, 5.74) is 5.30. The predicted molar refractivity (Wildman–Crippen MR) is 45.0 cm³/mol. The second kappa shape index (κ2) is 2.84. The number of thiocarbonyl (C=S) groups is 1. The average Bonchev–Trinajstić information content (AvgIpc) is 2.35. The highest BCUT2D eigenvalue weighted by Gasteiger charge is 2.36. The van der Waals surface area contributed by atoms with Crippen LogP contribution in [0, 0.1) is 0 Å². The third-order valence-electron chi connectivity index (χ3n) is 2.25. The molecule has 0 aliphatic heterocycles. The zero-order valence-corrected chi connectivity index (χ0v) is 7.04. The summed E-state index contributed by atoms with van der Waals surface area (Å²) in [4.78, 5) is 0.521. The molecule has 0 aromatic rings. The van der Waals surface area contributed by atoms with Gasteiger partial charge in [-0.2, -0.15) is 0 Å². The fourth-order valence-electron chi connectivity index (χ4n) is 1.50. The number of hydrogen-bond acceptors (Lipinski definition) is 2. The second-order valence-corrected chi connectivity index (χ2v) is 3.21. The topological polar surface area (TPSA) is 35.2 Å². The second-order valence-electron chi connectivity index (χ2n) is 2.77. The van der Waals surface area contributed by atoms with E-state index in [1.54, 1.807) is 7.11 Å². The molecule has 1 fully saturated rings. The van der Waals surface area contributed by atoms with Crippen molar-refractivity contribution in [2.75, 3.05) is 7.11 Å². The van der Waals surface area contributed by atoms with Crippen LogP contribution in [-0.2, 0) is 4.74 Å². The molecule has 58 valence electrons. The Hall–Kier alpha value is -0.150. The van der Waals surface area contributed by atoms with Crippen molar-refractivity contribution in [1.82, 2.24) is 0 Å². The molecule has 0 unspecified atom stereocenters. The van der Waals surface area contributed by atoms with E-state index in [0.717, 1.165) is 12.8 Å². The summed E-state index contributed by atoms with van der Waals surface area (Å²) >= 11 is 4.92. The van der Waals surface area contributed by atoms with E-state index >= 15 is 0 Å². The van der Waals surface area contributed by atoms with E-state index in [4.69, 9.17) is 22.7 Å². The lowest BCUT2D eigenvalue weighted by Gasteiger charge is -2.25. The minimum Gasteiger partial charge on any atom is -0.391 e. The van der Waals surface area contributed by atoms with E-state index in [-0.39, 0.29) is 5.60 Å². The number of nitrogens with two attached hydrogens (primary N) is 1. The van der Waals surface area contributed by atoms with Gasteiger partial charge in [0.1, 0.15) is 10.6 Å². The van der Waals surface area contributed by atoms with Crippen molar-refractivity contribution in [1.29, 1.82) is 0 Å². The van der Waals surface area contributed by atoms with Crippen LogP contribution in [0.3, 0.4) is 0 Å². The lowest BCUT2D eigenvalue weighted by Crippen LogP contribution is -2.41. The Morgan fingerprint density at radius 3 is 2.20 bits per heavy atom. The Labute approximate surface area is 66.7 Å². The molecule has 0 bridgehead atoms. The maximum absolute atomic E-state index is 5.55. The quantitative estimate of drug-likeness (QED) is 0.615. The van der Waals surface area contributed by atoms with Crippen molar-refractivity contribution >= 4 is 17.2 Å². The maximum atomic E-state index is 5.55. The molecule has 0 saturated heterocycles. The van der Waals surface area contributed by atoms with Crippen molar-refractivity contribution in [2.24, 2.45) is 5.73 Å². The van der Waals surface area contributed by atoms with E-state index in [2.05, 4.69) is 0 Å². The molecule has 0 heterocycles. The molecular formula is C7H13NOS. The monoisotopic (exact) mass is 159 g/mol. The number of methoxy groups -OCH3 is 1. The molecule has 2 nitrogen and oxygen atoms in total. The first-order chi connectivity index (χ1) is 4.71. The molecule has 1 saturated carbocycles. The molecular weight excluding hydrogens is 146 g/mol. The van der Waals surface area contributed by atoms with Gasteiger partial charge in [-0.15, -0.1) is 0 Å². The van der Waals surface area contributed by atoms with Crippen molar-refractivity contribution in [2.45, 2.75) is 31.3 Å². The van der Waals surface area contributed by atoms with Gasteiger partial charge in [-0.05, 0) is 12.8 Å². The summed E-state index contributed by atoms with van der Waals surface area (Å²) in [6.07, 6.45) is 4.37. The molecule has 1 aliphatic rings. The van der Waals surface area contributed by atoms with Crippen LogP contribution in [0.15, 0.2) is 0 Å². The molecule has 0 aromatic carbocycles. The van der Waals surface area contributed by atoms with Gasteiger partial charge in [0.15, 0.2) is 0 Å². The van der Waals surface area contributed by atoms with Crippen LogP contribution in [-0.4, -0.2) is 17.7 Å². The van der Waals surface area contributed by atoms with Crippen molar-refractivity contribution in [3.63, 3.8) is 0 Å². The molecule has 2 N–H and O–H groups in total. The van der Waals surface area contributed by atoms with E-state index in [1.165, 1.54) is 12.8 Å². The van der Waals surface area contributed by atoms with Crippen molar-refractivity contribution < 1.29 is 4.74 Å². The SMILES string of the molecule is COC1(C(N)=S)CCCC1. The van der Waals surface area contributed by atoms with Crippen LogP contribution in [0.2, 0.25) is 0 Å². The number of ether oxygens (including phenoxy) is 1. The van der Waals surface area contributed by atoms with E-state index in [9.17, 15) is 0 Å². The van der Waals surface area contributed by atoms with Gasteiger partial charge in [-0.3, -0.25) is 0 Å². The molecule has 0 amide bonds. The average molecular weight is 159 g/mol. The van der Waals surface area contributed by atoms with Gasteiger partial charge in [0.25, 0.3) is 0 Å². The van der Waals surface area contributed by atoms with Gasteiger partial charge in [-0.25, -0.2) is 0 Å². The smallest absolute Gasteiger partial charge is 0.117 e. The molecule has 3 heteroatoms. The third kappa shape index (κ3) is 1.16. The molecule has 0 aromatic heterocycles. The Balaban J connectivity index is 2.67. The zero-order chi connectivity index (χ0) is 7.61. The molecule has 0 spiro atoms. The summed E-state index contributed by atoms with van der Waals surface area (Å²) in [7, 11) is 1.68. The summed E-state index contributed by atoms with van der Waals surface area (Å²) in [5.74, 6) is 0. The van der Waals surface area contributed by atoms with Gasteiger partial charge >= 0.3 is 0 Å². The first-order valence-electron chi connectivity index (χ1n) is 3.56. The standard InChI is InChI=1S/C7H13NOS/c1-9-7(6(8)10)4-2-3-5-7/h2-5H2,1H3,(H2,8,10). The van der Waals surface area contributed by atoms with Crippen LogP contribution in [0.5, 0.6) is 0 Å². The van der Waals surface area contributed by atoms with Gasteiger partial charge in [0, 0.05) is 7.11 Å². The normalized spacial score (nSPS) is 22.9. The summed E-state index contributed by atoms with van der Waals surface area (Å²) in [6.45, 7) is 0. The Morgan fingerprint density at radius 1 is 1.50 bits per heavy atom. The Kier molecular flexibility index (Phi) is 2.26. The third-order valence-corrected chi connectivity index (χ3v) is 2.62. The van der Waals surface area contributed by atoms with Crippen LogP contribution in [0.4, 0.5) is 0 Å². The molecule has 0 atom stereocenters. The highest BCUT2D eigenvalue weighted by molar-refractivity contribution is 7.80. The molecule has 1 rings (SSSR count). The van der Waals surface area contributed by atoms with Gasteiger partial charge in [-0.1, -0.05) is 25.1 Å². The Morgan fingerprint density at radius 2 is 2.00 bits per heavy atom. The molecule has 1 aliphatic carbocycles. The predicted octanol–water partition coefficient (Wildman–Crippen LogP) is 1.23. The maximum Gasteiger partial charge on any atom is 0.117 e. The van der Waals surface area contributed by atoms with Crippen LogP contribution in [0.25, 0.3) is 0 Å². The van der Waals surface area contributed by atoms with Crippen molar-refractivity contribution in [3.05, 3.63) is 0 Å². The molecule has 10 heavy (non-hydrogen) atoms. The highest BCUT2D eigenvalue weighted by Crippen LogP contribution is 2.32. The first kappa shape index (κ1) is 7.95. The highest BCUT2D eigenvalue weighted by atomic mass is 32.1. The Bertz CT molecular complexity index is 141. The summed E-state index contributed by atoms with van der Waals surface area (Å²) < 4.78 is 5.29. The lowest BCUT2D eigenvalue weighted by molar-refractivity contribution is 0.0576. The minimum atomic E-state index is -0.255. The molecule has 0 radical (unpaired) electrons. The minimum absolute atomic E-state index is 0.255. The van der Waals surface area contributed by atoms with Crippen LogP contribution < -0.4 is 5.73 Å². The van der Waals surface area contributed by atoms with E-state index in [1.807, 2.05) is 0 Å².